The fraction of sp³-hybridized carbons (Fsp3) is 1.00. The molecular formula is C2H5Br2OTi. The third kappa shape index (κ3) is 17.4. The molecule has 0 aliphatic carbocycles. The van der Waals surface area contributed by atoms with Crippen molar-refractivity contribution in [2.75, 3.05) is 6.61 Å². The summed E-state index contributed by atoms with van der Waals surface area (Å²) >= 11 is 1.68. The molecule has 0 aromatic carbocycles. The van der Waals surface area contributed by atoms with Crippen LogP contribution in [0.5, 0.6) is 0 Å². The summed E-state index contributed by atoms with van der Waals surface area (Å²) in [5.41, 5.74) is 0. The third-order valence-corrected chi connectivity index (χ3v) is 0.595. The number of rotatable bonds is 1. The van der Waals surface area contributed by atoms with Crippen LogP contribution < -0.4 is 34.0 Å². The van der Waals surface area contributed by atoms with Crippen molar-refractivity contribution < 1.29 is 58.1 Å². The molecule has 0 spiro atoms. The van der Waals surface area contributed by atoms with Gasteiger partial charge in [0.25, 0.3) is 0 Å². The van der Waals surface area contributed by atoms with Crippen LogP contribution >= 0.6 is 0 Å². The van der Waals surface area contributed by atoms with Crippen molar-refractivity contribution in [3.8, 4) is 0 Å². The molecule has 1 nitrogen and oxygen atoms in total. The van der Waals surface area contributed by atoms with Gasteiger partial charge in [-0.3, -0.25) is 0 Å². The van der Waals surface area contributed by atoms with E-state index in [1.165, 1.54) is 0 Å². The first-order valence-electron chi connectivity index (χ1n) is 1.20. The predicted octanol–water partition coefficient (Wildman–Crippen LogP) is -5.51. The van der Waals surface area contributed by atoms with Crippen LogP contribution in [0.3, 0.4) is 0 Å². The molecule has 4 heteroatoms. The average molecular weight is 253 g/mol. The van der Waals surface area contributed by atoms with Gasteiger partial charge in [-0.25, -0.2) is 0 Å². The standard InChI is InChI=1S/C2H5O.2BrH.Ti/c1-2-3;;;/h2H2,1H3;2*1H;/q-1;;;+3/p-2. The van der Waals surface area contributed by atoms with Gasteiger partial charge in [0.15, 0.2) is 0 Å². The van der Waals surface area contributed by atoms with Crippen LogP contribution in [0.4, 0.5) is 0 Å². The van der Waals surface area contributed by atoms with Crippen molar-refractivity contribution in [2.45, 2.75) is 6.92 Å². The van der Waals surface area contributed by atoms with E-state index in [0.29, 0.717) is 0 Å². The summed E-state index contributed by atoms with van der Waals surface area (Å²) in [6, 6.07) is 0. The van der Waals surface area contributed by atoms with Gasteiger partial charge in [-0.15, -0.1) is 0 Å². The molecule has 0 saturated carbocycles. The predicted molar refractivity (Wildman–Crippen MR) is 11.6 cm³/mol. The number of hydrogen-bond acceptors (Lipinski definition) is 1. The molecular weight excluding hydrogens is 248 g/mol. The Morgan fingerprint density at radius 2 is 1.67 bits per heavy atom. The van der Waals surface area contributed by atoms with Crippen LogP contribution in [0.25, 0.3) is 0 Å². The summed E-state index contributed by atoms with van der Waals surface area (Å²) in [5.74, 6) is 0. The fourth-order valence-corrected chi connectivity index (χ4v) is 0. The van der Waals surface area contributed by atoms with Gasteiger partial charge >= 0.3 is 37.7 Å². The van der Waals surface area contributed by atoms with E-state index in [-0.39, 0.29) is 34.0 Å². The fourth-order valence-electron chi connectivity index (χ4n) is 0. The van der Waals surface area contributed by atoms with Crippen molar-refractivity contribution >= 4 is 0 Å². The summed E-state index contributed by atoms with van der Waals surface area (Å²) < 4.78 is 4.54. The van der Waals surface area contributed by atoms with Gasteiger partial charge in [-0.2, -0.15) is 0 Å². The van der Waals surface area contributed by atoms with Crippen molar-refractivity contribution in [2.24, 2.45) is 0 Å². The third-order valence-electron chi connectivity index (χ3n) is 0.144. The monoisotopic (exact) mass is 251 g/mol. The van der Waals surface area contributed by atoms with Gasteiger partial charge in [0.2, 0.25) is 0 Å². The molecule has 0 unspecified atom stereocenters. The largest absolute Gasteiger partial charge is 1.00 e. The minimum absolute atomic E-state index is 0. The summed E-state index contributed by atoms with van der Waals surface area (Å²) in [6.07, 6.45) is 0. The summed E-state index contributed by atoms with van der Waals surface area (Å²) in [6.45, 7) is 2.78. The van der Waals surface area contributed by atoms with Crippen LogP contribution in [0.1, 0.15) is 6.92 Å². The van der Waals surface area contributed by atoms with E-state index in [9.17, 15) is 0 Å². The zero-order valence-electron chi connectivity index (χ0n) is 3.37. The van der Waals surface area contributed by atoms with Gasteiger partial charge in [-0.1, -0.05) is 0 Å². The summed E-state index contributed by atoms with van der Waals surface area (Å²) in [4.78, 5) is 0. The second-order valence-corrected chi connectivity index (χ2v) is 0.884. The van der Waals surface area contributed by atoms with Gasteiger partial charge in [0, 0.05) is 0 Å². The topological polar surface area (TPSA) is 9.23 Å². The first-order valence-corrected chi connectivity index (χ1v) is 1.84. The normalized spacial score (nSPS) is 5.17. The van der Waals surface area contributed by atoms with E-state index in [1.54, 1.807) is 20.8 Å². The van der Waals surface area contributed by atoms with Gasteiger partial charge in [0.1, 0.15) is 0 Å². The van der Waals surface area contributed by atoms with Crippen LogP contribution in [0.2, 0.25) is 0 Å². The summed E-state index contributed by atoms with van der Waals surface area (Å²) in [5, 5.41) is 0. The molecule has 0 rings (SSSR count). The zero-order valence-corrected chi connectivity index (χ0v) is 8.10. The Balaban J connectivity index is -0.0000000450. The minimum atomic E-state index is 0. The maximum Gasteiger partial charge on any atom is -1.00 e. The van der Waals surface area contributed by atoms with E-state index in [1.807, 2.05) is 6.92 Å². The zero-order chi connectivity index (χ0) is 3.41. The minimum Gasteiger partial charge on any atom is -1.00 e. The second kappa shape index (κ2) is 15.9. The molecule has 0 aromatic heterocycles. The Kier molecular flexibility index (Phi) is 41.6. The molecule has 0 aliphatic heterocycles. The maximum absolute atomic E-state index is 4.54. The molecule has 0 amide bonds. The maximum atomic E-state index is 4.54. The number of halogens is 2. The molecule has 0 atom stereocenters. The molecule has 0 aromatic rings. The van der Waals surface area contributed by atoms with Crippen LogP contribution in [0.15, 0.2) is 0 Å². The SMILES string of the molecule is CC[O][Ti+2].[Br-].[Br-]. The Labute approximate surface area is 71.2 Å². The Hall–Kier alpha value is 1.63. The first kappa shape index (κ1) is 15.6. The molecule has 0 N–H and O–H groups in total. The summed E-state index contributed by atoms with van der Waals surface area (Å²) in [7, 11) is 0. The van der Waals surface area contributed by atoms with E-state index in [2.05, 4.69) is 3.32 Å². The van der Waals surface area contributed by atoms with Crippen LogP contribution in [0, 0.1) is 0 Å². The molecule has 6 heavy (non-hydrogen) atoms. The van der Waals surface area contributed by atoms with Gasteiger partial charge in [0.05, 0.1) is 0 Å². The van der Waals surface area contributed by atoms with Crippen molar-refractivity contribution in [1.82, 2.24) is 0 Å². The molecule has 0 fully saturated rings. The van der Waals surface area contributed by atoms with Crippen LogP contribution in [-0.2, 0) is 24.1 Å². The quantitative estimate of drug-likeness (QED) is 0.423. The van der Waals surface area contributed by atoms with E-state index < -0.39 is 0 Å². The van der Waals surface area contributed by atoms with Crippen molar-refractivity contribution in [3.05, 3.63) is 0 Å². The average Bonchev–Trinajstić information content (AvgIpc) is 1.37. The smallest absolute Gasteiger partial charge is 1.00 e. The first-order chi connectivity index (χ1) is 1.91. The van der Waals surface area contributed by atoms with E-state index in [4.69, 9.17) is 0 Å². The Morgan fingerprint density at radius 1 is 1.50 bits per heavy atom. The molecule has 0 radical (unpaired) electrons. The Bertz CT molecular complexity index is 13.5. The van der Waals surface area contributed by atoms with E-state index >= 15 is 0 Å². The molecule has 0 heterocycles. The van der Waals surface area contributed by atoms with E-state index in [0.717, 1.165) is 6.61 Å². The molecule has 0 aliphatic rings. The second-order valence-electron chi connectivity index (χ2n) is 0.433. The van der Waals surface area contributed by atoms with Crippen molar-refractivity contribution in [1.29, 1.82) is 0 Å². The number of hydrogen-bond donors (Lipinski definition) is 0. The van der Waals surface area contributed by atoms with Gasteiger partial charge < -0.3 is 34.0 Å². The Morgan fingerprint density at radius 3 is 1.67 bits per heavy atom. The molecule has 37 valence electrons. The van der Waals surface area contributed by atoms with Gasteiger partial charge in [-0.05, 0) is 0 Å². The molecule has 0 saturated heterocycles. The van der Waals surface area contributed by atoms with Crippen molar-refractivity contribution in [3.63, 3.8) is 0 Å². The van der Waals surface area contributed by atoms with Crippen LogP contribution in [-0.4, -0.2) is 6.61 Å². The molecule has 0 bridgehead atoms.